The highest BCUT2D eigenvalue weighted by Gasteiger charge is 2.13. The summed E-state index contributed by atoms with van der Waals surface area (Å²) in [5.74, 6) is 1.51. The van der Waals surface area contributed by atoms with Crippen LogP contribution in [-0.2, 0) is 6.54 Å². The van der Waals surface area contributed by atoms with Crippen LogP contribution >= 0.6 is 0 Å². The largest absolute Gasteiger partial charge is 0.508 e. The lowest BCUT2D eigenvalue weighted by Gasteiger charge is -2.05. The van der Waals surface area contributed by atoms with Gasteiger partial charge in [-0.2, -0.15) is 4.57 Å². The Balaban J connectivity index is 1.84. The van der Waals surface area contributed by atoms with Crippen molar-refractivity contribution in [3.8, 4) is 17.4 Å². The molecule has 0 saturated carbocycles. The standard InChI is InChI=1S/C17H14N2O2/c20-15-6-8-16(9-7-15)21-17-12-18-10-11-19(17)13-14-4-2-1-3-5-14/h1-12H,13H2/p+1. The molecule has 0 unspecified atom stereocenters. The Bertz CT molecular complexity index is 712. The maximum absolute atomic E-state index is 9.30. The van der Waals surface area contributed by atoms with Crippen molar-refractivity contribution in [1.29, 1.82) is 0 Å². The molecule has 3 rings (SSSR count). The van der Waals surface area contributed by atoms with E-state index in [1.54, 1.807) is 36.7 Å². The van der Waals surface area contributed by atoms with Gasteiger partial charge in [-0.15, -0.1) is 0 Å². The Hall–Kier alpha value is -2.88. The molecule has 1 heterocycles. The summed E-state index contributed by atoms with van der Waals surface area (Å²) in [7, 11) is 0. The van der Waals surface area contributed by atoms with Crippen molar-refractivity contribution in [3.05, 3.63) is 78.8 Å². The Morgan fingerprint density at radius 2 is 1.76 bits per heavy atom. The second kappa shape index (κ2) is 6.05. The molecule has 0 saturated heterocycles. The van der Waals surface area contributed by atoms with Crippen LogP contribution in [0.2, 0.25) is 0 Å². The summed E-state index contributed by atoms with van der Waals surface area (Å²) in [6.07, 6.45) is 5.28. The predicted octanol–water partition coefficient (Wildman–Crippen LogP) is 2.92. The minimum absolute atomic E-state index is 0.214. The van der Waals surface area contributed by atoms with Crippen molar-refractivity contribution in [2.45, 2.75) is 6.54 Å². The second-order valence-corrected chi connectivity index (χ2v) is 4.62. The molecule has 0 radical (unpaired) electrons. The number of nitrogens with zero attached hydrogens (tertiary/aromatic N) is 2. The van der Waals surface area contributed by atoms with Gasteiger partial charge in [0.15, 0.2) is 12.7 Å². The third-order valence-electron chi connectivity index (χ3n) is 3.06. The molecule has 0 aliphatic rings. The number of phenols is 1. The van der Waals surface area contributed by atoms with Gasteiger partial charge in [0.25, 0.3) is 0 Å². The van der Waals surface area contributed by atoms with Crippen LogP contribution in [0.15, 0.2) is 73.2 Å². The molecule has 21 heavy (non-hydrogen) atoms. The number of hydrogen-bond donors (Lipinski definition) is 1. The summed E-state index contributed by atoms with van der Waals surface area (Å²) in [5.41, 5.74) is 1.18. The van der Waals surface area contributed by atoms with Crippen LogP contribution in [0.4, 0.5) is 0 Å². The molecule has 1 aromatic heterocycles. The van der Waals surface area contributed by atoms with E-state index < -0.39 is 0 Å². The van der Waals surface area contributed by atoms with E-state index >= 15 is 0 Å². The smallest absolute Gasteiger partial charge is 0.392 e. The van der Waals surface area contributed by atoms with Crippen LogP contribution in [0.5, 0.6) is 17.4 Å². The van der Waals surface area contributed by atoms with Crippen molar-refractivity contribution in [2.75, 3.05) is 0 Å². The molecule has 3 aromatic rings. The lowest BCUT2D eigenvalue weighted by Crippen LogP contribution is -2.35. The first kappa shape index (κ1) is 13.1. The van der Waals surface area contributed by atoms with Crippen LogP contribution in [0.3, 0.4) is 0 Å². The van der Waals surface area contributed by atoms with Gasteiger partial charge in [-0.3, -0.25) is 0 Å². The molecule has 4 heteroatoms. The van der Waals surface area contributed by atoms with E-state index in [1.165, 1.54) is 5.56 Å². The van der Waals surface area contributed by atoms with E-state index in [1.807, 2.05) is 29.0 Å². The van der Waals surface area contributed by atoms with Crippen LogP contribution in [0, 0.1) is 0 Å². The Morgan fingerprint density at radius 3 is 2.52 bits per heavy atom. The molecule has 0 amide bonds. The summed E-state index contributed by atoms with van der Waals surface area (Å²) < 4.78 is 7.81. The number of hydrogen-bond acceptors (Lipinski definition) is 3. The van der Waals surface area contributed by atoms with Crippen molar-refractivity contribution in [1.82, 2.24) is 4.98 Å². The van der Waals surface area contributed by atoms with E-state index in [9.17, 15) is 5.11 Å². The van der Waals surface area contributed by atoms with Crippen molar-refractivity contribution in [2.24, 2.45) is 0 Å². The number of benzene rings is 2. The lowest BCUT2D eigenvalue weighted by molar-refractivity contribution is -0.692. The van der Waals surface area contributed by atoms with Crippen LogP contribution < -0.4 is 9.30 Å². The summed E-state index contributed by atoms with van der Waals surface area (Å²) in [6, 6.07) is 16.8. The molecule has 0 aliphatic heterocycles. The molecule has 0 spiro atoms. The van der Waals surface area contributed by atoms with Gasteiger partial charge in [-0.05, 0) is 24.3 Å². The highest BCUT2D eigenvalue weighted by molar-refractivity contribution is 5.31. The first-order valence-electron chi connectivity index (χ1n) is 6.65. The lowest BCUT2D eigenvalue weighted by atomic mass is 10.2. The monoisotopic (exact) mass is 279 g/mol. The first-order valence-corrected chi connectivity index (χ1v) is 6.65. The van der Waals surface area contributed by atoms with E-state index in [2.05, 4.69) is 17.1 Å². The Kier molecular flexibility index (Phi) is 3.78. The van der Waals surface area contributed by atoms with Crippen LogP contribution in [0.1, 0.15) is 5.56 Å². The average molecular weight is 279 g/mol. The van der Waals surface area contributed by atoms with Gasteiger partial charge in [0.2, 0.25) is 0 Å². The van der Waals surface area contributed by atoms with Crippen LogP contribution in [0.25, 0.3) is 0 Å². The fourth-order valence-corrected chi connectivity index (χ4v) is 2.00. The second-order valence-electron chi connectivity index (χ2n) is 4.62. The SMILES string of the molecule is Oc1ccc(Oc2cncc[n+]2Cc2ccccc2)cc1. The van der Waals surface area contributed by atoms with Gasteiger partial charge in [-0.1, -0.05) is 30.3 Å². The molecular formula is C17H15N2O2+. The number of ether oxygens (including phenoxy) is 1. The molecule has 1 N–H and O–H groups in total. The normalized spacial score (nSPS) is 10.3. The van der Waals surface area contributed by atoms with Crippen molar-refractivity contribution in [3.63, 3.8) is 0 Å². The minimum Gasteiger partial charge on any atom is -0.508 e. The molecule has 0 aliphatic carbocycles. The maximum Gasteiger partial charge on any atom is 0.392 e. The van der Waals surface area contributed by atoms with Gasteiger partial charge >= 0.3 is 5.88 Å². The summed E-state index contributed by atoms with van der Waals surface area (Å²) in [6.45, 7) is 0.705. The fourth-order valence-electron chi connectivity index (χ4n) is 2.00. The van der Waals surface area contributed by atoms with Gasteiger partial charge in [-0.25, -0.2) is 4.98 Å². The predicted molar refractivity (Wildman–Crippen MR) is 78.2 cm³/mol. The molecule has 104 valence electrons. The van der Waals surface area contributed by atoms with E-state index in [4.69, 9.17) is 4.74 Å². The Labute approximate surface area is 122 Å². The summed E-state index contributed by atoms with van der Waals surface area (Å²) in [5, 5.41) is 9.30. The highest BCUT2D eigenvalue weighted by atomic mass is 16.5. The van der Waals surface area contributed by atoms with E-state index in [0.29, 0.717) is 18.2 Å². The topological polar surface area (TPSA) is 46.2 Å². The fraction of sp³-hybridized carbons (Fsp3) is 0.0588. The third-order valence-corrected chi connectivity index (χ3v) is 3.06. The van der Waals surface area contributed by atoms with Crippen molar-refractivity contribution >= 4 is 0 Å². The first-order chi connectivity index (χ1) is 10.3. The molecule has 0 bridgehead atoms. The number of phenolic OH excluding ortho intramolecular Hbond substituents is 1. The van der Waals surface area contributed by atoms with E-state index in [0.717, 1.165) is 0 Å². The van der Waals surface area contributed by atoms with Gasteiger partial charge < -0.3 is 9.84 Å². The molecule has 2 aromatic carbocycles. The average Bonchev–Trinajstić information content (AvgIpc) is 2.52. The van der Waals surface area contributed by atoms with Crippen LogP contribution in [-0.4, -0.2) is 10.1 Å². The molecule has 4 nitrogen and oxygen atoms in total. The maximum atomic E-state index is 9.30. The highest BCUT2D eigenvalue weighted by Crippen LogP contribution is 2.20. The van der Waals surface area contributed by atoms with Gasteiger partial charge in [0.1, 0.15) is 17.7 Å². The summed E-state index contributed by atoms with van der Waals surface area (Å²) >= 11 is 0. The molecule has 0 fully saturated rings. The van der Waals surface area contributed by atoms with E-state index in [-0.39, 0.29) is 5.75 Å². The number of rotatable bonds is 4. The molecular weight excluding hydrogens is 264 g/mol. The minimum atomic E-state index is 0.214. The summed E-state index contributed by atoms with van der Waals surface area (Å²) in [4.78, 5) is 4.11. The van der Waals surface area contributed by atoms with Gasteiger partial charge in [0, 0.05) is 5.56 Å². The quantitative estimate of drug-likeness (QED) is 0.747. The zero-order chi connectivity index (χ0) is 14.5. The molecule has 0 atom stereocenters. The number of aromatic nitrogens is 2. The zero-order valence-electron chi connectivity index (χ0n) is 11.4. The van der Waals surface area contributed by atoms with Crippen molar-refractivity contribution < 1.29 is 14.4 Å². The Morgan fingerprint density at radius 1 is 1.00 bits per heavy atom. The third kappa shape index (κ3) is 3.36. The van der Waals surface area contributed by atoms with Gasteiger partial charge in [0.05, 0.1) is 6.20 Å². The zero-order valence-corrected chi connectivity index (χ0v) is 11.4. The number of aromatic hydroxyl groups is 1.